The average Bonchev–Trinajstić information content (AvgIpc) is 3.67. The van der Waals surface area contributed by atoms with Crippen LogP contribution in [0.15, 0.2) is 59.2 Å². The van der Waals surface area contributed by atoms with Crippen LogP contribution in [0, 0.1) is 24.7 Å². The van der Waals surface area contributed by atoms with Crippen LogP contribution in [0.2, 0.25) is 0 Å². The number of hydrogen-bond donors (Lipinski definition) is 2. The van der Waals surface area contributed by atoms with Gasteiger partial charge in [0.1, 0.15) is 12.2 Å². The molecule has 15 heteroatoms. The van der Waals surface area contributed by atoms with E-state index >= 15 is 0 Å². The third kappa shape index (κ3) is 8.28. The average molecular weight is 757 g/mol. The molecule has 2 aliphatic rings. The van der Waals surface area contributed by atoms with E-state index in [9.17, 15) is 29.4 Å². The molecule has 0 aliphatic carbocycles. The van der Waals surface area contributed by atoms with Crippen LogP contribution in [-0.4, -0.2) is 93.8 Å². The van der Waals surface area contributed by atoms with Gasteiger partial charge in [-0.2, -0.15) is 4.98 Å². The van der Waals surface area contributed by atoms with Gasteiger partial charge >= 0.3 is 23.9 Å². The maximum Gasteiger partial charge on any atom is 0.346 e. The fourth-order valence-electron chi connectivity index (χ4n) is 7.28. The fraction of sp³-hybridized carbons (Fsp3) is 0.590. The Balaban J connectivity index is 1.80. The number of allylic oxidation sites excluding steroid dienone is 1. The van der Waals surface area contributed by atoms with Crippen molar-refractivity contribution in [2.45, 2.75) is 115 Å². The van der Waals surface area contributed by atoms with Gasteiger partial charge < -0.3 is 43.2 Å². The normalized spacial score (nSPS) is 28.4. The molecule has 2 saturated heterocycles. The van der Waals surface area contributed by atoms with Crippen LogP contribution < -0.4 is 0 Å². The number of aliphatic hydroxyl groups excluding tert-OH is 1. The Labute approximate surface area is 315 Å². The smallest absolute Gasteiger partial charge is 0.346 e. The summed E-state index contributed by atoms with van der Waals surface area (Å²) in [6.07, 6.45) is -2.44. The fourth-order valence-corrected chi connectivity index (χ4v) is 7.28. The predicted octanol–water partition coefficient (Wildman–Crippen LogP) is 4.04. The van der Waals surface area contributed by atoms with Gasteiger partial charge in [-0.25, -0.2) is 14.4 Å². The summed E-state index contributed by atoms with van der Waals surface area (Å²) in [5.74, 6) is -7.12. The van der Waals surface area contributed by atoms with Gasteiger partial charge in [0, 0.05) is 25.3 Å². The third-order valence-corrected chi connectivity index (χ3v) is 10.2. The molecule has 0 spiro atoms. The number of ether oxygens (including phenoxy) is 6. The first kappa shape index (κ1) is 42.3. The molecule has 0 unspecified atom stereocenters. The number of hydrogen-bond acceptors (Lipinski definition) is 15. The molecule has 4 rings (SSSR count). The lowest BCUT2D eigenvalue weighted by molar-refractivity contribution is -0.386. The number of carbonyl (C=O) groups is 4. The van der Waals surface area contributed by atoms with E-state index < -0.39 is 71.2 Å². The first-order chi connectivity index (χ1) is 25.5. The second-order valence-corrected chi connectivity index (χ2v) is 14.3. The molecule has 1 aromatic heterocycles. The summed E-state index contributed by atoms with van der Waals surface area (Å²) in [4.78, 5) is 57.7. The molecule has 54 heavy (non-hydrogen) atoms. The summed E-state index contributed by atoms with van der Waals surface area (Å²) in [7, 11) is 1.90. The van der Waals surface area contributed by atoms with Gasteiger partial charge in [0.25, 0.3) is 11.5 Å². The molecule has 2 aliphatic heterocycles. The van der Waals surface area contributed by atoms with Gasteiger partial charge in [0.2, 0.25) is 11.4 Å². The quantitative estimate of drug-likeness (QED) is 0.101. The minimum absolute atomic E-state index is 0.0432. The van der Waals surface area contributed by atoms with Crippen molar-refractivity contribution in [3.05, 3.63) is 71.9 Å². The van der Waals surface area contributed by atoms with E-state index in [1.54, 1.807) is 6.08 Å². The SMILES string of the molecule is C=C(CC[C@]12O[C@H](c3nc(C)no3)[C@@](O)(C(=O)OC)[C@](C(=O)OC)(O1)[C@H](OC(=O)/C=C/[C@@H](C)C[C@@H](C)CC)[C@H]2O)[C@@H](OC(C)=O)[C@H](C)Cc1ccccc1. The number of methoxy groups -OCH3 is 2. The summed E-state index contributed by atoms with van der Waals surface area (Å²) in [5, 5.41) is 28.4. The Morgan fingerprint density at radius 1 is 1.07 bits per heavy atom. The third-order valence-electron chi connectivity index (χ3n) is 10.2. The Morgan fingerprint density at radius 3 is 2.31 bits per heavy atom. The highest BCUT2D eigenvalue weighted by Gasteiger charge is 2.86. The van der Waals surface area contributed by atoms with Gasteiger partial charge in [-0.1, -0.05) is 82.3 Å². The van der Waals surface area contributed by atoms with Crippen LogP contribution in [0.3, 0.4) is 0 Å². The van der Waals surface area contributed by atoms with Gasteiger partial charge in [0.15, 0.2) is 18.0 Å². The lowest BCUT2D eigenvalue weighted by Crippen LogP contribution is -2.74. The number of aryl methyl sites for hydroxylation is 1. The second kappa shape index (κ2) is 17.4. The Kier molecular flexibility index (Phi) is 13.6. The highest BCUT2D eigenvalue weighted by Crippen LogP contribution is 2.60. The van der Waals surface area contributed by atoms with Gasteiger partial charge in [0.05, 0.1) is 14.2 Å². The molecule has 296 valence electrons. The summed E-state index contributed by atoms with van der Waals surface area (Å²) in [6, 6.07) is 9.57. The zero-order chi connectivity index (χ0) is 40.0. The molecular weight excluding hydrogens is 704 g/mol. The van der Waals surface area contributed by atoms with Crippen LogP contribution in [0.1, 0.15) is 83.7 Å². The van der Waals surface area contributed by atoms with Crippen LogP contribution in [0.25, 0.3) is 0 Å². The highest BCUT2D eigenvalue weighted by atomic mass is 16.8. The van der Waals surface area contributed by atoms with E-state index in [1.165, 1.54) is 13.8 Å². The molecule has 1 aromatic carbocycles. The number of aromatic nitrogens is 2. The number of benzene rings is 1. The largest absolute Gasteiger partial charge is 0.467 e. The highest BCUT2D eigenvalue weighted by molar-refractivity contribution is 5.95. The monoisotopic (exact) mass is 756 g/mol. The molecule has 0 radical (unpaired) electrons. The lowest BCUT2D eigenvalue weighted by atomic mass is 9.74. The number of aliphatic hydroxyl groups is 2. The van der Waals surface area contributed by atoms with E-state index in [2.05, 4.69) is 30.6 Å². The van der Waals surface area contributed by atoms with E-state index in [4.69, 9.17) is 32.9 Å². The summed E-state index contributed by atoms with van der Waals surface area (Å²) < 4.78 is 39.4. The summed E-state index contributed by atoms with van der Waals surface area (Å²) in [5.41, 5.74) is -4.87. The van der Waals surface area contributed by atoms with Gasteiger partial charge in [-0.15, -0.1) is 0 Å². The summed E-state index contributed by atoms with van der Waals surface area (Å²) in [6.45, 7) is 14.9. The van der Waals surface area contributed by atoms with Gasteiger partial charge in [-0.3, -0.25) is 4.79 Å². The Hall–Kier alpha value is -4.44. The number of fused-ring (bicyclic) bond motifs is 2. The number of carbonyl (C=O) groups excluding carboxylic acids is 4. The maximum atomic E-state index is 14.1. The number of esters is 4. The zero-order valence-electron chi connectivity index (χ0n) is 32.1. The molecule has 2 aromatic rings. The minimum atomic E-state index is -3.24. The minimum Gasteiger partial charge on any atom is -0.467 e. The first-order valence-electron chi connectivity index (χ1n) is 18.0. The van der Waals surface area contributed by atoms with E-state index in [0.29, 0.717) is 17.9 Å². The molecule has 15 nitrogen and oxygen atoms in total. The zero-order valence-corrected chi connectivity index (χ0v) is 32.1. The molecule has 0 amide bonds. The van der Waals surface area contributed by atoms with Crippen molar-refractivity contribution in [1.82, 2.24) is 10.1 Å². The lowest BCUT2D eigenvalue weighted by Gasteiger charge is -2.49. The van der Waals surface area contributed by atoms with E-state index in [0.717, 1.165) is 38.7 Å². The van der Waals surface area contributed by atoms with Crippen LogP contribution in [-0.2, 0) is 54.0 Å². The van der Waals surface area contributed by atoms with Crippen molar-refractivity contribution in [2.75, 3.05) is 14.2 Å². The Bertz CT molecular complexity index is 1690. The molecule has 2 fully saturated rings. The summed E-state index contributed by atoms with van der Waals surface area (Å²) >= 11 is 0. The van der Waals surface area contributed by atoms with Crippen molar-refractivity contribution in [3.63, 3.8) is 0 Å². The van der Waals surface area contributed by atoms with Crippen LogP contribution in [0.5, 0.6) is 0 Å². The maximum absolute atomic E-state index is 14.1. The van der Waals surface area contributed by atoms with Crippen molar-refractivity contribution in [3.8, 4) is 0 Å². The predicted molar refractivity (Wildman–Crippen MR) is 190 cm³/mol. The van der Waals surface area contributed by atoms with Crippen molar-refractivity contribution in [1.29, 1.82) is 0 Å². The second-order valence-electron chi connectivity index (χ2n) is 14.3. The molecule has 0 saturated carbocycles. The molecule has 2 bridgehead atoms. The number of nitrogens with zero attached hydrogens (tertiary/aromatic N) is 2. The number of rotatable bonds is 17. The molecule has 3 heterocycles. The molecular formula is C39H52N2O13. The van der Waals surface area contributed by atoms with Gasteiger partial charge in [-0.05, 0) is 49.2 Å². The topological polar surface area (TPSA) is 203 Å². The van der Waals surface area contributed by atoms with E-state index in [1.807, 2.05) is 44.2 Å². The van der Waals surface area contributed by atoms with Crippen LogP contribution >= 0.6 is 0 Å². The standard InChI is InChI=1S/C39H52N2O13/c1-10-22(2)20-23(3)16-17-29(43)51-32-31(44)37(19-18-24(4)30(50-27(7)42)25(5)21-28-14-12-11-13-15-28)52-33(34-40-26(6)41-53-34)38(47,35(45)48-8)39(32,54-37)36(46)49-9/h11-17,22-23,25,30-33,44,47H,4,10,18-21H2,1-3,5-9H3/b17-16+/t22-,23+,25+,30+,31+,32+,33+,37-,38+,39-/m0/s1. The van der Waals surface area contributed by atoms with E-state index in [-0.39, 0.29) is 30.5 Å². The van der Waals surface area contributed by atoms with Crippen LogP contribution in [0.4, 0.5) is 0 Å². The molecule has 2 N–H and O–H groups in total. The Morgan fingerprint density at radius 2 is 1.74 bits per heavy atom. The van der Waals surface area contributed by atoms with Crippen molar-refractivity contribution >= 4 is 23.9 Å². The molecule has 10 atom stereocenters. The van der Waals surface area contributed by atoms with Crippen molar-refractivity contribution < 1.29 is 62.3 Å². The van der Waals surface area contributed by atoms with Crippen molar-refractivity contribution in [2.24, 2.45) is 17.8 Å². The first-order valence-corrected chi connectivity index (χ1v) is 18.0.